The van der Waals surface area contributed by atoms with Gasteiger partial charge in [-0.2, -0.15) is 0 Å². The van der Waals surface area contributed by atoms with Crippen molar-refractivity contribution in [2.24, 2.45) is 11.3 Å². The molecule has 1 aliphatic carbocycles. The van der Waals surface area contributed by atoms with Crippen molar-refractivity contribution in [3.8, 4) is 5.75 Å². The van der Waals surface area contributed by atoms with Gasteiger partial charge in [0.15, 0.2) is 0 Å². The van der Waals surface area contributed by atoms with Gasteiger partial charge in [0.1, 0.15) is 11.4 Å². The predicted octanol–water partition coefficient (Wildman–Crippen LogP) is 4.67. The summed E-state index contributed by atoms with van der Waals surface area (Å²) >= 11 is 0. The van der Waals surface area contributed by atoms with Gasteiger partial charge >= 0.3 is 0 Å². The molecule has 2 heterocycles. The molecule has 0 bridgehead atoms. The molecule has 1 amide bonds. The number of pyridine rings is 1. The van der Waals surface area contributed by atoms with Crippen LogP contribution >= 0.6 is 0 Å². The number of H-pyrrole nitrogens is 1. The van der Waals surface area contributed by atoms with Crippen LogP contribution in [0.1, 0.15) is 48.9 Å². The summed E-state index contributed by atoms with van der Waals surface area (Å²) in [6.45, 7) is 6.90. The second kappa shape index (κ2) is 6.41. The van der Waals surface area contributed by atoms with Crippen molar-refractivity contribution in [3.05, 3.63) is 53.3 Å². The molecule has 3 N–H and O–H groups in total. The average Bonchev–Trinajstić information content (AvgIpc) is 3.03. The molecular formula is C22H25N3O2. The summed E-state index contributed by atoms with van der Waals surface area (Å²) < 4.78 is 0. The van der Waals surface area contributed by atoms with Crippen LogP contribution in [0.15, 0.2) is 36.4 Å². The van der Waals surface area contributed by atoms with Crippen molar-refractivity contribution in [2.45, 2.75) is 40.0 Å². The third-order valence-corrected chi connectivity index (χ3v) is 5.56. The zero-order valence-electron chi connectivity index (χ0n) is 16.0. The molecule has 1 aromatic carbocycles. The minimum Gasteiger partial charge on any atom is -0.508 e. The van der Waals surface area contributed by atoms with E-state index < -0.39 is 0 Å². The number of carbonyl (C=O) groups is 1. The van der Waals surface area contributed by atoms with Gasteiger partial charge in [-0.15, -0.1) is 0 Å². The average molecular weight is 363 g/mol. The summed E-state index contributed by atoms with van der Waals surface area (Å²) in [7, 11) is 0. The Morgan fingerprint density at radius 3 is 2.67 bits per heavy atom. The van der Waals surface area contributed by atoms with Crippen LogP contribution in [0.4, 0.5) is 5.69 Å². The van der Waals surface area contributed by atoms with Crippen molar-refractivity contribution in [1.29, 1.82) is 0 Å². The van der Waals surface area contributed by atoms with Crippen LogP contribution in [-0.4, -0.2) is 21.0 Å². The molecule has 5 heteroatoms. The molecule has 0 fully saturated rings. The van der Waals surface area contributed by atoms with E-state index in [1.54, 1.807) is 30.3 Å². The fourth-order valence-corrected chi connectivity index (χ4v) is 3.81. The summed E-state index contributed by atoms with van der Waals surface area (Å²) in [6.07, 6.45) is 3.19. The van der Waals surface area contributed by atoms with Crippen molar-refractivity contribution >= 4 is 22.6 Å². The minimum atomic E-state index is -0.218. The number of aromatic nitrogens is 2. The van der Waals surface area contributed by atoms with Crippen LogP contribution in [0.5, 0.6) is 5.75 Å². The Morgan fingerprint density at radius 1 is 1.22 bits per heavy atom. The van der Waals surface area contributed by atoms with Crippen molar-refractivity contribution in [1.82, 2.24) is 9.97 Å². The van der Waals surface area contributed by atoms with E-state index in [2.05, 4.69) is 37.1 Å². The molecule has 1 atom stereocenters. The van der Waals surface area contributed by atoms with Gasteiger partial charge in [-0.3, -0.25) is 9.78 Å². The predicted molar refractivity (Wildman–Crippen MR) is 107 cm³/mol. The quantitative estimate of drug-likeness (QED) is 0.579. The Morgan fingerprint density at radius 2 is 1.96 bits per heavy atom. The van der Waals surface area contributed by atoms with Crippen LogP contribution < -0.4 is 5.32 Å². The number of aryl methyl sites for hydroxylation is 1. The van der Waals surface area contributed by atoms with E-state index in [1.807, 2.05) is 0 Å². The Hall–Kier alpha value is -2.82. The number of anilines is 1. The van der Waals surface area contributed by atoms with Gasteiger partial charge in [0.25, 0.3) is 5.91 Å². The molecule has 0 radical (unpaired) electrons. The Balaban J connectivity index is 1.59. The largest absolute Gasteiger partial charge is 0.508 e. The van der Waals surface area contributed by atoms with Gasteiger partial charge in [0.2, 0.25) is 0 Å². The van der Waals surface area contributed by atoms with Gasteiger partial charge in [0.05, 0.1) is 11.0 Å². The maximum atomic E-state index is 12.5. The number of nitrogens with zero attached hydrogens (tertiary/aromatic N) is 1. The highest BCUT2D eigenvalue weighted by molar-refractivity contribution is 6.05. The zero-order chi connectivity index (χ0) is 19.2. The summed E-state index contributed by atoms with van der Waals surface area (Å²) in [5.41, 5.74) is 5.60. The molecule has 1 aliphatic rings. The third kappa shape index (κ3) is 3.54. The van der Waals surface area contributed by atoms with E-state index in [-0.39, 0.29) is 17.1 Å². The van der Waals surface area contributed by atoms with Crippen LogP contribution in [0, 0.1) is 11.3 Å². The number of benzene rings is 1. The first kappa shape index (κ1) is 17.6. The maximum absolute atomic E-state index is 12.5. The minimum absolute atomic E-state index is 0.168. The molecule has 1 unspecified atom stereocenters. The zero-order valence-corrected chi connectivity index (χ0v) is 16.0. The molecule has 5 nitrogen and oxygen atoms in total. The molecule has 2 aromatic heterocycles. The van der Waals surface area contributed by atoms with E-state index in [9.17, 15) is 9.90 Å². The van der Waals surface area contributed by atoms with Crippen LogP contribution in [0.2, 0.25) is 0 Å². The summed E-state index contributed by atoms with van der Waals surface area (Å²) in [4.78, 5) is 20.6. The normalized spacial score (nSPS) is 16.9. The third-order valence-electron chi connectivity index (χ3n) is 5.56. The molecule has 0 aliphatic heterocycles. The topological polar surface area (TPSA) is 78.0 Å². The first-order chi connectivity index (χ1) is 12.8. The van der Waals surface area contributed by atoms with E-state index in [1.165, 1.54) is 5.56 Å². The van der Waals surface area contributed by atoms with Crippen LogP contribution in [-0.2, 0) is 12.8 Å². The SMILES string of the molecule is CC(C)(C)C1CCc2nc3cc(C(=O)Nc4ccc(O)cc4)[nH]c3cc2C1. The number of aromatic hydroxyl groups is 1. The molecule has 3 aromatic rings. The molecule has 4 rings (SSSR count). The van der Waals surface area contributed by atoms with E-state index in [0.717, 1.165) is 36.0 Å². The number of aromatic amines is 1. The van der Waals surface area contributed by atoms with Gasteiger partial charge in [-0.05, 0) is 72.6 Å². The monoisotopic (exact) mass is 363 g/mol. The number of phenols is 1. The van der Waals surface area contributed by atoms with Crippen molar-refractivity contribution in [3.63, 3.8) is 0 Å². The highest BCUT2D eigenvalue weighted by Gasteiger charge is 2.29. The van der Waals surface area contributed by atoms with Crippen molar-refractivity contribution in [2.75, 3.05) is 5.32 Å². The number of phenolic OH excluding ortho intramolecular Hbond substituents is 1. The van der Waals surface area contributed by atoms with E-state index in [0.29, 0.717) is 17.3 Å². The maximum Gasteiger partial charge on any atom is 0.272 e. The van der Waals surface area contributed by atoms with Gasteiger partial charge in [-0.1, -0.05) is 20.8 Å². The van der Waals surface area contributed by atoms with Crippen molar-refractivity contribution < 1.29 is 9.90 Å². The smallest absolute Gasteiger partial charge is 0.272 e. The number of hydrogen-bond acceptors (Lipinski definition) is 3. The lowest BCUT2D eigenvalue weighted by Gasteiger charge is -2.34. The number of hydrogen-bond donors (Lipinski definition) is 3. The standard InChI is InChI=1S/C22H25N3O2/c1-22(2,3)14-4-9-17-13(10-14)11-18-19(24-17)12-20(25-18)21(27)23-15-5-7-16(26)8-6-15/h5-8,11-12,14,25-26H,4,9-10H2,1-3H3,(H,23,27). The lowest BCUT2D eigenvalue weighted by atomic mass is 9.71. The van der Waals surface area contributed by atoms with E-state index >= 15 is 0 Å². The molecular weight excluding hydrogens is 338 g/mol. The molecule has 0 spiro atoms. The number of rotatable bonds is 2. The van der Waals surface area contributed by atoms with E-state index in [4.69, 9.17) is 4.98 Å². The Bertz CT molecular complexity index is 997. The first-order valence-electron chi connectivity index (χ1n) is 9.41. The molecule has 0 saturated carbocycles. The number of fused-ring (bicyclic) bond motifs is 2. The highest BCUT2D eigenvalue weighted by Crippen LogP contribution is 2.37. The van der Waals surface area contributed by atoms with Gasteiger partial charge in [-0.25, -0.2) is 0 Å². The van der Waals surface area contributed by atoms with Gasteiger partial charge in [0, 0.05) is 11.4 Å². The second-order valence-electron chi connectivity index (χ2n) is 8.52. The van der Waals surface area contributed by atoms with Crippen LogP contribution in [0.25, 0.3) is 11.0 Å². The number of amides is 1. The summed E-state index contributed by atoms with van der Waals surface area (Å²) in [5.74, 6) is 0.600. The molecule has 27 heavy (non-hydrogen) atoms. The van der Waals surface area contributed by atoms with Crippen LogP contribution in [0.3, 0.4) is 0 Å². The Kier molecular flexibility index (Phi) is 4.17. The molecule has 0 saturated heterocycles. The summed E-state index contributed by atoms with van der Waals surface area (Å²) in [5, 5.41) is 12.2. The fraction of sp³-hybridized carbons (Fsp3) is 0.364. The Labute approximate surface area is 158 Å². The second-order valence-corrected chi connectivity index (χ2v) is 8.52. The lowest BCUT2D eigenvalue weighted by molar-refractivity contribution is 0.102. The number of carbonyl (C=O) groups excluding carboxylic acids is 1. The fourth-order valence-electron chi connectivity index (χ4n) is 3.81. The van der Waals surface area contributed by atoms with Gasteiger partial charge < -0.3 is 15.4 Å². The molecule has 140 valence electrons. The summed E-state index contributed by atoms with van der Waals surface area (Å²) in [6, 6.07) is 10.4. The number of nitrogens with one attached hydrogen (secondary N) is 2. The highest BCUT2D eigenvalue weighted by atomic mass is 16.3. The lowest BCUT2D eigenvalue weighted by Crippen LogP contribution is -2.27. The first-order valence-corrected chi connectivity index (χ1v) is 9.41.